The zero-order valence-corrected chi connectivity index (χ0v) is 18.0. The Labute approximate surface area is 196 Å². The van der Waals surface area contributed by atoms with E-state index in [2.05, 4.69) is 10.6 Å². The Kier molecular flexibility index (Phi) is 32.3. The van der Waals surface area contributed by atoms with E-state index in [1.165, 1.54) is 0 Å². The Bertz CT molecular complexity index is 352. The van der Waals surface area contributed by atoms with Crippen molar-refractivity contribution in [3.8, 4) is 0 Å². The van der Waals surface area contributed by atoms with Gasteiger partial charge in [-0.2, -0.15) is 23.5 Å². The Balaban J connectivity index is -0.0000000874. The van der Waals surface area contributed by atoms with E-state index in [1.54, 1.807) is 23.5 Å². The van der Waals surface area contributed by atoms with Gasteiger partial charge in [0.2, 0.25) is 0 Å². The summed E-state index contributed by atoms with van der Waals surface area (Å²) in [5.74, 6) is 0.293. The molecule has 0 aromatic heterocycles. The van der Waals surface area contributed by atoms with E-state index in [0.29, 0.717) is 12.8 Å². The standard InChI is InChI=1S/C6H10N2O2S.C5H11NO2S.2CH4.K.H3N/c1-11-3-2-4-5(9)8-6(10)7-4;1-9-3-2-4(6)5(7)8;;;;/h4H,2-3H2,1H3,(H2,7,8,9,10);4H,2-3,6H2,1H3,(H,7,8);2*1H4;;1H3/q;;;;+1;/p-1. The first kappa shape index (κ1) is 35.7. The van der Waals surface area contributed by atoms with Gasteiger partial charge in [-0.15, -0.1) is 0 Å². The summed E-state index contributed by atoms with van der Waals surface area (Å²) in [6.45, 7) is 0. The van der Waals surface area contributed by atoms with Crippen molar-refractivity contribution in [3.05, 3.63) is 0 Å². The predicted octanol–water partition coefficient (Wildman–Crippen LogP) is -2.80. The first-order valence-corrected chi connectivity index (χ1v) is 8.76. The molecule has 3 amide bonds. The fourth-order valence-electron chi connectivity index (χ4n) is 1.26. The van der Waals surface area contributed by atoms with Gasteiger partial charge in [0.05, 0.1) is 5.97 Å². The number of rotatable bonds is 7. The van der Waals surface area contributed by atoms with E-state index in [9.17, 15) is 19.5 Å². The van der Waals surface area contributed by atoms with Crippen LogP contribution in [0.4, 0.5) is 4.79 Å². The molecule has 0 aromatic carbocycles. The molecular weight excluding hydrogens is 379 g/mol. The number of carbonyl (C=O) groups is 3. The zero-order valence-electron chi connectivity index (χ0n) is 13.2. The van der Waals surface area contributed by atoms with Crippen molar-refractivity contribution >= 4 is 41.4 Å². The van der Waals surface area contributed by atoms with Gasteiger partial charge in [-0.25, -0.2) is 4.79 Å². The van der Waals surface area contributed by atoms with E-state index in [0.717, 1.165) is 11.5 Å². The molecule has 1 aliphatic heterocycles. The van der Waals surface area contributed by atoms with Crippen molar-refractivity contribution in [1.82, 2.24) is 16.8 Å². The number of thioether (sulfide) groups is 2. The molecule has 140 valence electrons. The fraction of sp³-hybridized carbons (Fsp3) is 0.769. The van der Waals surface area contributed by atoms with Crippen LogP contribution in [0, 0.1) is 0 Å². The molecule has 11 heteroatoms. The van der Waals surface area contributed by atoms with Gasteiger partial charge in [0, 0.05) is 6.04 Å². The van der Waals surface area contributed by atoms with Crippen molar-refractivity contribution in [2.75, 3.05) is 24.0 Å². The minimum Gasteiger partial charge on any atom is -0.548 e. The number of carboxylic acid groups (broad SMARTS) is 1. The number of amides is 3. The van der Waals surface area contributed by atoms with Crippen molar-refractivity contribution in [2.24, 2.45) is 5.73 Å². The van der Waals surface area contributed by atoms with Crippen LogP contribution in [0.2, 0.25) is 0 Å². The van der Waals surface area contributed by atoms with Gasteiger partial charge in [-0.3, -0.25) is 10.1 Å². The van der Waals surface area contributed by atoms with Crippen molar-refractivity contribution in [1.29, 1.82) is 0 Å². The maximum absolute atomic E-state index is 10.9. The molecule has 0 saturated carbocycles. The monoisotopic (exact) mass is 410 g/mol. The molecule has 1 aliphatic rings. The Morgan fingerprint density at radius 3 is 2.08 bits per heavy atom. The van der Waals surface area contributed by atoms with Crippen LogP contribution < -0.4 is 79.0 Å². The third kappa shape index (κ3) is 17.5. The number of hydrogen-bond acceptors (Lipinski definition) is 8. The maximum Gasteiger partial charge on any atom is 1.00 e. The number of nitrogens with two attached hydrogens (primary N) is 1. The average Bonchev–Trinajstić information content (AvgIpc) is 2.72. The Hall–Kier alpha value is 0.666. The normalized spacial score (nSPS) is 15.5. The van der Waals surface area contributed by atoms with Crippen molar-refractivity contribution in [3.63, 3.8) is 0 Å². The number of hydrogen-bond donors (Lipinski definition) is 4. The molecule has 1 rings (SSSR count). The van der Waals surface area contributed by atoms with E-state index < -0.39 is 12.0 Å². The molecule has 8 nitrogen and oxygen atoms in total. The molecule has 0 aliphatic carbocycles. The van der Waals surface area contributed by atoms with Crippen LogP contribution in [0.25, 0.3) is 0 Å². The van der Waals surface area contributed by atoms with E-state index in [4.69, 9.17) is 5.73 Å². The molecular formula is C13H31KN4O4S2. The Morgan fingerprint density at radius 2 is 1.75 bits per heavy atom. The van der Waals surface area contributed by atoms with Crippen LogP contribution in [-0.2, 0) is 9.59 Å². The largest absolute Gasteiger partial charge is 1.00 e. The molecule has 0 bridgehead atoms. The molecule has 2 atom stereocenters. The topological polar surface area (TPSA) is 159 Å². The quantitative estimate of drug-likeness (QED) is 0.259. The van der Waals surface area contributed by atoms with E-state index >= 15 is 0 Å². The molecule has 0 aromatic rings. The van der Waals surface area contributed by atoms with Crippen LogP contribution in [0.15, 0.2) is 0 Å². The molecule has 1 saturated heterocycles. The minimum absolute atomic E-state index is 0. The summed E-state index contributed by atoms with van der Waals surface area (Å²) >= 11 is 3.24. The first-order chi connectivity index (χ1) is 9.42. The minimum atomic E-state index is -1.16. The van der Waals surface area contributed by atoms with Gasteiger partial charge < -0.3 is 27.1 Å². The molecule has 1 heterocycles. The summed E-state index contributed by atoms with van der Waals surface area (Å²) in [6, 6.07) is -1.48. The van der Waals surface area contributed by atoms with Crippen LogP contribution >= 0.6 is 23.5 Å². The van der Waals surface area contributed by atoms with Gasteiger partial charge in [-0.05, 0) is 36.9 Å². The van der Waals surface area contributed by atoms with E-state index in [1.807, 2.05) is 12.5 Å². The molecule has 2 unspecified atom stereocenters. The average molecular weight is 411 g/mol. The van der Waals surface area contributed by atoms with Gasteiger partial charge >= 0.3 is 57.4 Å². The van der Waals surface area contributed by atoms with Gasteiger partial charge in [-0.1, -0.05) is 14.9 Å². The van der Waals surface area contributed by atoms with Gasteiger partial charge in [0.1, 0.15) is 6.04 Å². The fourth-order valence-corrected chi connectivity index (χ4v) is 2.22. The van der Waals surface area contributed by atoms with E-state index in [-0.39, 0.29) is 90.4 Å². The number of carboxylic acids is 1. The SMILES string of the molecule is C.C.CSCCC(N)C(=O)[O-].CSCCC1NC(=O)NC1=O.N.[K+]. The molecule has 24 heavy (non-hydrogen) atoms. The zero-order chi connectivity index (χ0) is 15.5. The molecule has 1 fully saturated rings. The summed E-state index contributed by atoms with van der Waals surface area (Å²) in [7, 11) is 0. The van der Waals surface area contributed by atoms with Crippen molar-refractivity contribution < 1.29 is 70.9 Å². The second kappa shape index (κ2) is 21.7. The second-order valence-electron chi connectivity index (χ2n) is 4.00. The summed E-state index contributed by atoms with van der Waals surface area (Å²) in [5, 5.41) is 14.7. The number of carbonyl (C=O) groups excluding carboxylic acids is 3. The number of nitrogens with one attached hydrogen (secondary N) is 2. The smallest absolute Gasteiger partial charge is 0.548 e. The number of aliphatic carboxylic acids is 1. The predicted molar refractivity (Wildman–Crippen MR) is 97.9 cm³/mol. The van der Waals surface area contributed by atoms with Crippen LogP contribution in [0.5, 0.6) is 0 Å². The maximum atomic E-state index is 10.9. The Morgan fingerprint density at radius 1 is 1.25 bits per heavy atom. The summed E-state index contributed by atoms with van der Waals surface area (Å²) in [4.78, 5) is 31.4. The molecule has 0 spiro atoms. The summed E-state index contributed by atoms with van der Waals surface area (Å²) in [5.41, 5.74) is 5.13. The molecule has 0 radical (unpaired) electrons. The first-order valence-electron chi connectivity index (χ1n) is 5.98. The third-order valence-corrected chi connectivity index (χ3v) is 3.69. The van der Waals surface area contributed by atoms with Crippen LogP contribution in [0.1, 0.15) is 27.7 Å². The second-order valence-corrected chi connectivity index (χ2v) is 5.97. The third-order valence-electron chi connectivity index (χ3n) is 2.40. The van der Waals surface area contributed by atoms with Crippen LogP contribution in [-0.4, -0.2) is 54.0 Å². The number of urea groups is 1. The number of imide groups is 1. The van der Waals surface area contributed by atoms with Crippen molar-refractivity contribution in [2.45, 2.75) is 39.8 Å². The molecule has 7 N–H and O–H groups in total. The van der Waals surface area contributed by atoms with Crippen LogP contribution in [0.3, 0.4) is 0 Å². The summed E-state index contributed by atoms with van der Waals surface area (Å²) < 4.78 is 0. The summed E-state index contributed by atoms with van der Waals surface area (Å²) in [6.07, 6.45) is 5.07. The van der Waals surface area contributed by atoms with Gasteiger partial charge in [0.15, 0.2) is 0 Å². The van der Waals surface area contributed by atoms with Gasteiger partial charge in [0.25, 0.3) is 5.91 Å².